The number of amides is 1. The molecular weight excluding hydrogens is 182 g/mol. The van der Waals surface area contributed by atoms with Gasteiger partial charge in [0.1, 0.15) is 12.2 Å². The van der Waals surface area contributed by atoms with Gasteiger partial charge in [-0.1, -0.05) is 0 Å². The minimum absolute atomic E-state index is 0.381. The normalized spacial score (nSPS) is 33.4. The summed E-state index contributed by atoms with van der Waals surface area (Å²) < 4.78 is 0. The zero-order chi connectivity index (χ0) is 10.2. The van der Waals surface area contributed by atoms with Crippen molar-refractivity contribution in [3.05, 3.63) is 0 Å². The van der Waals surface area contributed by atoms with Crippen LogP contribution in [0.4, 0.5) is 4.79 Å². The molecule has 0 saturated carbocycles. The molecule has 0 radical (unpaired) electrons. The Morgan fingerprint density at radius 2 is 1.77 bits per heavy atom. The maximum Gasteiger partial charge on any atom is 0.408 e. The van der Waals surface area contributed by atoms with Gasteiger partial charge in [0, 0.05) is 0 Å². The van der Waals surface area contributed by atoms with Gasteiger partial charge in [0.2, 0.25) is 0 Å². The smallest absolute Gasteiger partial charge is 0.408 e. The van der Waals surface area contributed by atoms with Crippen LogP contribution >= 0.6 is 0 Å². The number of aliphatic carboxylic acids is 1. The maximum atomic E-state index is 10.5. The van der Waals surface area contributed by atoms with Gasteiger partial charge < -0.3 is 20.4 Å². The largest absolute Gasteiger partial charge is 0.480 e. The second kappa shape index (κ2) is 3.19. The highest BCUT2D eigenvalue weighted by Crippen LogP contribution is 2.18. The molecular formula is C6H9NO6. The van der Waals surface area contributed by atoms with Crippen molar-refractivity contribution in [3.63, 3.8) is 0 Å². The molecule has 1 fully saturated rings. The quantitative estimate of drug-likeness (QED) is 0.386. The molecule has 1 aliphatic rings. The first-order chi connectivity index (χ1) is 5.95. The van der Waals surface area contributed by atoms with Crippen molar-refractivity contribution >= 4 is 12.1 Å². The number of carboxylic acid groups (broad SMARTS) is 2. The van der Waals surface area contributed by atoms with Crippen LogP contribution in [-0.2, 0) is 4.79 Å². The van der Waals surface area contributed by atoms with Crippen LogP contribution in [0.3, 0.4) is 0 Å². The number of likely N-dealkylation sites (tertiary alicyclic amines) is 1. The highest BCUT2D eigenvalue weighted by atomic mass is 16.4. The molecule has 0 aromatic heterocycles. The molecule has 13 heavy (non-hydrogen) atoms. The SMILES string of the molecule is O=C(O)C1C(O)C(O)CN1C(=O)O. The Kier molecular flexibility index (Phi) is 2.39. The fourth-order valence-corrected chi connectivity index (χ4v) is 1.29. The fourth-order valence-electron chi connectivity index (χ4n) is 1.29. The van der Waals surface area contributed by atoms with Crippen molar-refractivity contribution in [2.45, 2.75) is 18.2 Å². The first-order valence-electron chi connectivity index (χ1n) is 3.53. The zero-order valence-electron chi connectivity index (χ0n) is 6.49. The predicted octanol–water partition coefficient (Wildman–Crippen LogP) is -1.84. The number of hydrogen-bond donors (Lipinski definition) is 4. The number of nitrogens with zero attached hydrogens (tertiary/aromatic N) is 1. The van der Waals surface area contributed by atoms with E-state index in [9.17, 15) is 9.59 Å². The minimum Gasteiger partial charge on any atom is -0.480 e. The standard InChI is InChI=1S/C6H9NO6/c8-2-1-7(6(12)13)3(4(2)9)5(10)11/h2-4,8-9H,1H2,(H,10,11)(H,12,13). The summed E-state index contributed by atoms with van der Waals surface area (Å²) in [4.78, 5) is 21.4. The third kappa shape index (κ3) is 1.56. The van der Waals surface area contributed by atoms with Gasteiger partial charge in [-0.05, 0) is 0 Å². The van der Waals surface area contributed by atoms with Crippen molar-refractivity contribution in [2.24, 2.45) is 0 Å². The lowest BCUT2D eigenvalue weighted by molar-refractivity contribution is -0.145. The van der Waals surface area contributed by atoms with Gasteiger partial charge in [0.05, 0.1) is 6.54 Å². The molecule has 3 unspecified atom stereocenters. The topological polar surface area (TPSA) is 118 Å². The fraction of sp³-hybridized carbons (Fsp3) is 0.667. The molecule has 0 bridgehead atoms. The molecule has 1 heterocycles. The Hall–Kier alpha value is -1.34. The monoisotopic (exact) mass is 191 g/mol. The maximum absolute atomic E-state index is 10.5. The summed E-state index contributed by atoms with van der Waals surface area (Å²) in [5, 5.41) is 35.2. The first-order valence-corrected chi connectivity index (χ1v) is 3.53. The van der Waals surface area contributed by atoms with E-state index in [1.54, 1.807) is 0 Å². The summed E-state index contributed by atoms with van der Waals surface area (Å²) >= 11 is 0. The van der Waals surface area contributed by atoms with Crippen LogP contribution in [0.2, 0.25) is 0 Å². The molecule has 3 atom stereocenters. The van der Waals surface area contributed by atoms with Crippen molar-refractivity contribution in [1.29, 1.82) is 0 Å². The van der Waals surface area contributed by atoms with Crippen molar-refractivity contribution in [2.75, 3.05) is 6.54 Å². The van der Waals surface area contributed by atoms with Crippen LogP contribution in [0.1, 0.15) is 0 Å². The van der Waals surface area contributed by atoms with E-state index in [-0.39, 0.29) is 6.54 Å². The van der Waals surface area contributed by atoms with E-state index in [4.69, 9.17) is 20.4 Å². The molecule has 1 saturated heterocycles. The summed E-state index contributed by atoms with van der Waals surface area (Å²) in [5.41, 5.74) is 0. The average molecular weight is 191 g/mol. The number of rotatable bonds is 1. The Labute approximate surface area is 72.8 Å². The summed E-state index contributed by atoms with van der Waals surface area (Å²) in [5.74, 6) is -1.47. The molecule has 7 nitrogen and oxygen atoms in total. The molecule has 0 aromatic rings. The highest BCUT2D eigenvalue weighted by molar-refractivity contribution is 5.81. The Balaban J connectivity index is 2.86. The van der Waals surface area contributed by atoms with Crippen molar-refractivity contribution < 1.29 is 30.0 Å². The number of hydrogen-bond acceptors (Lipinski definition) is 4. The summed E-state index contributed by atoms with van der Waals surface area (Å²) in [6.07, 6.45) is -4.37. The van der Waals surface area contributed by atoms with Crippen LogP contribution in [0.15, 0.2) is 0 Å². The van der Waals surface area contributed by atoms with E-state index in [2.05, 4.69) is 0 Å². The lowest BCUT2D eigenvalue weighted by Gasteiger charge is -2.18. The number of carbonyl (C=O) groups is 2. The van der Waals surface area contributed by atoms with Gasteiger partial charge in [-0.3, -0.25) is 4.90 Å². The molecule has 0 aliphatic carbocycles. The van der Waals surface area contributed by atoms with Gasteiger partial charge in [0.15, 0.2) is 6.04 Å². The summed E-state index contributed by atoms with van der Waals surface area (Å²) in [6.45, 7) is -0.381. The van der Waals surface area contributed by atoms with Crippen LogP contribution in [0.5, 0.6) is 0 Å². The zero-order valence-corrected chi connectivity index (χ0v) is 6.49. The second-order valence-electron chi connectivity index (χ2n) is 2.78. The van der Waals surface area contributed by atoms with E-state index < -0.39 is 30.3 Å². The lowest BCUT2D eigenvalue weighted by Crippen LogP contribution is -2.44. The first kappa shape index (κ1) is 9.75. The molecule has 74 valence electrons. The third-order valence-electron chi connectivity index (χ3n) is 1.94. The second-order valence-corrected chi connectivity index (χ2v) is 2.78. The molecule has 0 aromatic carbocycles. The van der Waals surface area contributed by atoms with Gasteiger partial charge in [-0.15, -0.1) is 0 Å². The number of β-amino-alcohol motifs (C(OH)–C–C–N with tert-alkyl or cyclic N) is 1. The third-order valence-corrected chi connectivity index (χ3v) is 1.94. The number of aliphatic hydroxyl groups is 2. The van der Waals surface area contributed by atoms with Gasteiger partial charge in [-0.25, -0.2) is 9.59 Å². The highest BCUT2D eigenvalue weighted by Gasteiger charge is 2.46. The van der Waals surface area contributed by atoms with E-state index in [1.165, 1.54) is 0 Å². The van der Waals surface area contributed by atoms with Crippen LogP contribution in [-0.4, -0.2) is 62.2 Å². The molecule has 0 spiro atoms. The summed E-state index contributed by atoms with van der Waals surface area (Å²) in [6, 6.07) is -1.58. The molecule has 4 N–H and O–H groups in total. The molecule has 1 rings (SSSR count). The summed E-state index contributed by atoms with van der Waals surface area (Å²) in [7, 11) is 0. The molecule has 1 aliphatic heterocycles. The number of aliphatic hydroxyl groups excluding tert-OH is 2. The van der Waals surface area contributed by atoms with Gasteiger partial charge >= 0.3 is 12.1 Å². The van der Waals surface area contributed by atoms with Crippen molar-refractivity contribution in [1.82, 2.24) is 4.90 Å². The van der Waals surface area contributed by atoms with Crippen molar-refractivity contribution in [3.8, 4) is 0 Å². The van der Waals surface area contributed by atoms with Gasteiger partial charge in [-0.2, -0.15) is 0 Å². The van der Waals surface area contributed by atoms with E-state index in [0.29, 0.717) is 4.90 Å². The Morgan fingerprint density at radius 1 is 1.23 bits per heavy atom. The van der Waals surface area contributed by atoms with Crippen LogP contribution in [0, 0.1) is 0 Å². The number of carboxylic acids is 1. The van der Waals surface area contributed by atoms with Crippen LogP contribution < -0.4 is 0 Å². The van der Waals surface area contributed by atoms with E-state index in [0.717, 1.165) is 0 Å². The molecule has 7 heteroatoms. The lowest BCUT2D eigenvalue weighted by atomic mass is 10.1. The van der Waals surface area contributed by atoms with Crippen LogP contribution in [0.25, 0.3) is 0 Å². The van der Waals surface area contributed by atoms with E-state index in [1.807, 2.05) is 0 Å². The minimum atomic E-state index is -1.58. The van der Waals surface area contributed by atoms with Gasteiger partial charge in [0.25, 0.3) is 0 Å². The molecule has 1 amide bonds. The average Bonchev–Trinajstić information content (AvgIpc) is 2.28. The Morgan fingerprint density at radius 3 is 2.08 bits per heavy atom. The Bertz CT molecular complexity index is 241. The predicted molar refractivity (Wildman–Crippen MR) is 38.2 cm³/mol. The van der Waals surface area contributed by atoms with E-state index >= 15 is 0 Å².